The molecule has 0 aromatic heterocycles. The van der Waals surface area contributed by atoms with Gasteiger partial charge in [-0.2, -0.15) is 0 Å². The first kappa shape index (κ1) is 43.2. The molecule has 0 spiro atoms. The van der Waals surface area contributed by atoms with Crippen LogP contribution < -0.4 is 0 Å². The average molecular weight is 669 g/mol. The van der Waals surface area contributed by atoms with Crippen LogP contribution in [0.3, 0.4) is 0 Å². The van der Waals surface area contributed by atoms with Gasteiger partial charge in [-0.3, -0.25) is 9.59 Å². The molecule has 9 nitrogen and oxygen atoms in total. The lowest BCUT2D eigenvalue weighted by Crippen LogP contribution is -2.39. The molecule has 0 fully saturated rings. The molecule has 1 rings (SSSR count). The maximum Gasteiger partial charge on any atom is 0.311 e. The molecule has 47 heavy (non-hydrogen) atoms. The van der Waals surface area contributed by atoms with E-state index in [1.807, 2.05) is 27.7 Å². The van der Waals surface area contributed by atoms with Crippen molar-refractivity contribution in [3.63, 3.8) is 0 Å². The minimum absolute atomic E-state index is 0.124. The van der Waals surface area contributed by atoms with Gasteiger partial charge < -0.3 is 35.0 Å². The molecule has 9 heteroatoms. The Morgan fingerprint density at radius 3 is 2.19 bits per heavy atom. The van der Waals surface area contributed by atoms with Gasteiger partial charge in [0.1, 0.15) is 12.2 Å². The molecule has 1 aliphatic rings. The van der Waals surface area contributed by atoms with E-state index in [1.165, 1.54) is 12.5 Å². The molecular weight excluding hydrogens is 600 g/mol. The summed E-state index contributed by atoms with van der Waals surface area (Å²) < 4.78 is 11.5. The maximum absolute atomic E-state index is 13.4. The number of hydrogen-bond donors (Lipinski definition) is 5. The lowest BCUT2D eigenvalue weighted by atomic mass is 9.87. The summed E-state index contributed by atoms with van der Waals surface area (Å²) >= 11 is 0. The van der Waals surface area contributed by atoms with E-state index in [0.29, 0.717) is 51.4 Å². The number of carbonyl (C=O) groups excluding carboxylic acids is 2. The molecule has 5 N–H and O–H groups in total. The number of aliphatic hydroxyl groups is 5. The number of esters is 2. The second-order valence-electron chi connectivity index (χ2n) is 14.7. The van der Waals surface area contributed by atoms with Crippen molar-refractivity contribution in [1.82, 2.24) is 0 Å². The second kappa shape index (κ2) is 22.8. The maximum atomic E-state index is 13.4. The molecule has 0 aromatic carbocycles. The smallest absolute Gasteiger partial charge is 0.311 e. The van der Waals surface area contributed by atoms with Crippen LogP contribution in [0.25, 0.3) is 0 Å². The quantitative estimate of drug-likeness (QED) is 0.165. The number of ether oxygens (including phenoxy) is 2. The van der Waals surface area contributed by atoms with Crippen LogP contribution in [0.15, 0.2) is 23.3 Å². The number of cyclic esters (lactones) is 1. The highest BCUT2D eigenvalue weighted by Crippen LogP contribution is 2.27. The third-order valence-corrected chi connectivity index (χ3v) is 9.71. The predicted octanol–water partition coefficient (Wildman–Crippen LogP) is 6.18. The largest absolute Gasteiger partial charge is 0.462 e. The first-order valence-corrected chi connectivity index (χ1v) is 18.1. The molecule has 1 heterocycles. The van der Waals surface area contributed by atoms with Crippen molar-refractivity contribution in [2.45, 2.75) is 182 Å². The monoisotopic (exact) mass is 668 g/mol. The van der Waals surface area contributed by atoms with Crippen LogP contribution in [0.1, 0.15) is 139 Å². The van der Waals surface area contributed by atoms with E-state index in [2.05, 4.69) is 13.0 Å². The van der Waals surface area contributed by atoms with Gasteiger partial charge in [0, 0.05) is 19.3 Å². The Bertz CT molecular complexity index is 963. The fourth-order valence-corrected chi connectivity index (χ4v) is 6.55. The summed E-state index contributed by atoms with van der Waals surface area (Å²) in [6, 6.07) is 0. The van der Waals surface area contributed by atoms with Gasteiger partial charge in [0.05, 0.1) is 36.4 Å². The Labute approximate surface area is 284 Å². The molecule has 0 bridgehead atoms. The van der Waals surface area contributed by atoms with Gasteiger partial charge in [0.15, 0.2) is 0 Å². The van der Waals surface area contributed by atoms with E-state index in [1.54, 1.807) is 19.9 Å². The topological polar surface area (TPSA) is 154 Å². The number of allylic oxidation sites excluding steroid dienone is 2. The van der Waals surface area contributed by atoms with Gasteiger partial charge in [0.25, 0.3) is 0 Å². The highest BCUT2D eigenvalue weighted by atomic mass is 16.5. The Morgan fingerprint density at radius 1 is 0.957 bits per heavy atom. The molecule has 11 atom stereocenters. The van der Waals surface area contributed by atoms with E-state index < -0.39 is 54.4 Å². The van der Waals surface area contributed by atoms with Gasteiger partial charge in [0.2, 0.25) is 0 Å². The Morgan fingerprint density at radius 2 is 1.57 bits per heavy atom. The fourth-order valence-electron chi connectivity index (χ4n) is 6.55. The van der Waals surface area contributed by atoms with E-state index in [9.17, 15) is 35.1 Å². The zero-order valence-electron chi connectivity index (χ0n) is 30.6. The number of carbonyl (C=O) groups is 2. The zero-order valence-corrected chi connectivity index (χ0v) is 30.6. The molecular formula is C38H68O9. The van der Waals surface area contributed by atoms with Crippen LogP contribution in [0.4, 0.5) is 0 Å². The Kier molecular flexibility index (Phi) is 21.0. The average Bonchev–Trinajstić information content (AvgIpc) is 2.98. The molecule has 0 saturated heterocycles. The summed E-state index contributed by atoms with van der Waals surface area (Å²) in [5.41, 5.74) is 2.03. The van der Waals surface area contributed by atoms with E-state index >= 15 is 0 Å². The van der Waals surface area contributed by atoms with Crippen molar-refractivity contribution in [1.29, 1.82) is 0 Å². The third kappa shape index (κ3) is 18.0. The van der Waals surface area contributed by atoms with Crippen molar-refractivity contribution in [2.75, 3.05) is 0 Å². The van der Waals surface area contributed by atoms with E-state index in [0.717, 1.165) is 31.3 Å². The predicted molar refractivity (Wildman–Crippen MR) is 185 cm³/mol. The molecule has 1 aliphatic heterocycles. The van der Waals surface area contributed by atoms with Gasteiger partial charge in [-0.1, -0.05) is 51.3 Å². The summed E-state index contributed by atoms with van der Waals surface area (Å²) in [6.07, 6.45) is 6.82. The normalized spacial score (nSPS) is 35.9. The van der Waals surface area contributed by atoms with Crippen LogP contribution in [-0.4, -0.2) is 80.2 Å². The number of aliphatic hydroxyl groups excluding tert-OH is 5. The lowest BCUT2D eigenvalue weighted by Gasteiger charge is -2.30. The third-order valence-electron chi connectivity index (χ3n) is 9.71. The van der Waals surface area contributed by atoms with Crippen molar-refractivity contribution in [2.24, 2.45) is 23.7 Å². The molecule has 0 amide bonds. The van der Waals surface area contributed by atoms with Crippen LogP contribution in [0.5, 0.6) is 0 Å². The molecule has 0 aromatic rings. The van der Waals surface area contributed by atoms with Crippen molar-refractivity contribution < 1.29 is 44.6 Å². The standard InChI is InChI=1S/C38H68O9/c1-9-12-34(46-30(8)39)21-26(4)22-36-28(6)35(43)23-31(40)14-11-10-13-24(2)15-17-32(41)19-25(3)20-33(42)18-16-27(5)37(44)29(7)38(45)47-36/h13,22,25,27-29,31-37,40-44H,9-12,14-21,23H2,1-8H3/b24-13+,26-22+/t25-,27+,28-,29-,31+,32-,33-,34+,35-,36+,37-/m0/s1. The second-order valence-corrected chi connectivity index (χ2v) is 14.7. The van der Waals surface area contributed by atoms with Gasteiger partial charge in [-0.25, -0.2) is 0 Å². The minimum Gasteiger partial charge on any atom is -0.462 e. The SMILES string of the molecule is CCC[C@H](C/C(C)=C/[C@H]1OC(=O)[C@@H](C)[C@@H](O)[C@H](C)CC[C@H](O)C[C@@H](C)C[C@@H](O)CC/C(C)=C/CCC[C@@H](O)C[C@H](O)[C@@H]1C)OC(C)=O. The molecule has 0 aliphatic carbocycles. The van der Waals surface area contributed by atoms with Crippen LogP contribution in [-0.2, 0) is 19.1 Å². The highest BCUT2D eigenvalue weighted by Gasteiger charge is 2.33. The van der Waals surface area contributed by atoms with Crippen LogP contribution in [0.2, 0.25) is 0 Å². The summed E-state index contributed by atoms with van der Waals surface area (Å²) in [6.45, 7) is 14.6. The minimum atomic E-state index is -0.999. The first-order valence-electron chi connectivity index (χ1n) is 18.1. The van der Waals surface area contributed by atoms with Gasteiger partial charge >= 0.3 is 11.9 Å². The van der Waals surface area contributed by atoms with Gasteiger partial charge in [-0.05, 0) is 109 Å². The Balaban J connectivity index is 3.24. The van der Waals surface area contributed by atoms with Gasteiger partial charge in [-0.15, -0.1) is 0 Å². The van der Waals surface area contributed by atoms with E-state index in [4.69, 9.17) is 9.47 Å². The molecule has 0 unspecified atom stereocenters. The first-order chi connectivity index (χ1) is 22.0. The molecule has 274 valence electrons. The van der Waals surface area contributed by atoms with Crippen molar-refractivity contribution in [3.05, 3.63) is 23.3 Å². The highest BCUT2D eigenvalue weighted by molar-refractivity contribution is 5.73. The zero-order chi connectivity index (χ0) is 35.7. The van der Waals surface area contributed by atoms with Crippen molar-refractivity contribution >= 4 is 11.9 Å². The molecule has 0 radical (unpaired) electrons. The number of hydrogen-bond acceptors (Lipinski definition) is 9. The summed E-state index contributed by atoms with van der Waals surface area (Å²) in [7, 11) is 0. The van der Waals surface area contributed by atoms with Crippen molar-refractivity contribution in [3.8, 4) is 0 Å². The summed E-state index contributed by atoms with van der Waals surface area (Å²) in [5, 5.41) is 54.3. The summed E-state index contributed by atoms with van der Waals surface area (Å²) in [4.78, 5) is 25.1. The fraction of sp³-hybridized carbons (Fsp3) is 0.842. The van der Waals surface area contributed by atoms with E-state index in [-0.39, 0.29) is 30.3 Å². The van der Waals surface area contributed by atoms with Crippen LogP contribution >= 0.6 is 0 Å². The molecule has 0 saturated carbocycles. The number of rotatable bonds is 6. The Hall–Kier alpha value is -1.78. The summed E-state index contributed by atoms with van der Waals surface area (Å²) in [5.74, 6) is -2.49. The van der Waals surface area contributed by atoms with Crippen LogP contribution in [0, 0.1) is 23.7 Å². The lowest BCUT2D eigenvalue weighted by molar-refractivity contribution is -0.160.